The van der Waals surface area contributed by atoms with Crippen molar-refractivity contribution in [2.24, 2.45) is 0 Å². The normalized spacial score (nSPS) is 14.5. The molecule has 0 saturated carbocycles. The van der Waals surface area contributed by atoms with E-state index in [0.717, 1.165) is 64.9 Å². The molecule has 0 radical (unpaired) electrons. The third-order valence-electron chi connectivity index (χ3n) is 11.4. The minimum atomic E-state index is -0.754. The predicted octanol–water partition coefficient (Wildman–Crippen LogP) is 9.33. The van der Waals surface area contributed by atoms with E-state index in [9.17, 15) is 14.4 Å². The molecule has 274 valence electrons. The molecule has 9 aromatic rings. The first-order valence-corrected chi connectivity index (χ1v) is 20.5. The molecule has 10 heteroatoms. The number of carbonyl (C=O) groups is 2. The molecule has 1 atom stereocenters. The smallest absolute Gasteiger partial charge is 0.264 e. The molecule has 3 heterocycles. The number of pyridine rings is 1. The summed E-state index contributed by atoms with van der Waals surface area (Å²) in [7, 11) is -0.754. The molecule has 0 bridgehead atoms. The number of hydrogen-bond acceptors (Lipinski definition) is 7. The average molecular weight is 747 g/mol. The molecule has 2 amide bonds. The first kappa shape index (κ1) is 34.2. The molecular weight excluding hydrogens is 707 g/mol. The zero-order valence-corrected chi connectivity index (χ0v) is 32.2. The SMILES string of the molecule is CC(C)N(C(C)C)P(C)OCCOCCN1C(=O)c2ccc3c4ccc5c(=O)n6c7cc8ccccc8cc7nc6c6ccc(c7ccc(c2c37)C1=O)c4c56. The summed E-state index contributed by atoms with van der Waals surface area (Å²) < 4.78 is 16.1. The van der Waals surface area contributed by atoms with Crippen LogP contribution in [-0.4, -0.2) is 75.9 Å². The van der Waals surface area contributed by atoms with Crippen molar-refractivity contribution in [3.8, 4) is 0 Å². The van der Waals surface area contributed by atoms with E-state index in [1.54, 1.807) is 4.40 Å². The maximum absolute atomic E-state index is 14.4. The van der Waals surface area contributed by atoms with Gasteiger partial charge in [-0.25, -0.2) is 4.98 Å². The van der Waals surface area contributed by atoms with Crippen molar-refractivity contribution in [3.05, 3.63) is 106 Å². The Morgan fingerprint density at radius 2 is 1.20 bits per heavy atom. The van der Waals surface area contributed by atoms with Crippen LogP contribution >= 0.6 is 8.30 Å². The Morgan fingerprint density at radius 1 is 0.655 bits per heavy atom. The summed E-state index contributed by atoms with van der Waals surface area (Å²) in [5.74, 6) is -0.647. The quantitative estimate of drug-likeness (QED) is 0.0453. The van der Waals surface area contributed by atoms with Gasteiger partial charge in [0.2, 0.25) is 0 Å². The summed E-state index contributed by atoms with van der Waals surface area (Å²) in [6.07, 6.45) is 0. The number of carbonyl (C=O) groups excluding carboxylic acids is 2. The molecule has 0 saturated heterocycles. The van der Waals surface area contributed by atoms with Crippen molar-refractivity contribution in [1.82, 2.24) is 19.0 Å². The van der Waals surface area contributed by atoms with E-state index in [1.165, 1.54) is 4.90 Å². The Bertz CT molecular complexity index is 3040. The summed E-state index contributed by atoms with van der Waals surface area (Å²) in [5, 5.41) is 10.9. The van der Waals surface area contributed by atoms with Gasteiger partial charge in [-0.2, -0.15) is 0 Å². The molecule has 0 fully saturated rings. The zero-order chi connectivity index (χ0) is 37.9. The van der Waals surface area contributed by atoms with Gasteiger partial charge in [0.1, 0.15) is 13.9 Å². The predicted molar refractivity (Wildman–Crippen MR) is 223 cm³/mol. The van der Waals surface area contributed by atoms with E-state index in [1.807, 2.05) is 60.7 Å². The van der Waals surface area contributed by atoms with Crippen molar-refractivity contribution >= 4 is 101 Å². The molecule has 1 aliphatic heterocycles. The number of nitrogens with zero attached hydrogens (tertiary/aromatic N) is 4. The maximum Gasteiger partial charge on any atom is 0.264 e. The highest BCUT2D eigenvalue weighted by atomic mass is 31.2. The number of aromatic nitrogens is 2. The van der Waals surface area contributed by atoms with Crippen LogP contribution in [0.4, 0.5) is 0 Å². The molecule has 55 heavy (non-hydrogen) atoms. The fourth-order valence-electron chi connectivity index (χ4n) is 9.27. The Morgan fingerprint density at radius 3 is 1.84 bits per heavy atom. The van der Waals surface area contributed by atoms with E-state index in [4.69, 9.17) is 14.2 Å². The number of ether oxygens (including phenoxy) is 1. The molecule has 0 aliphatic carbocycles. The van der Waals surface area contributed by atoms with Gasteiger partial charge in [-0.3, -0.25) is 28.4 Å². The molecule has 2 aromatic heterocycles. The zero-order valence-electron chi connectivity index (χ0n) is 31.3. The third-order valence-corrected chi connectivity index (χ3v) is 13.5. The van der Waals surface area contributed by atoms with Gasteiger partial charge in [0.25, 0.3) is 17.4 Å². The fourth-order valence-corrected chi connectivity index (χ4v) is 11.0. The number of rotatable bonds is 10. The number of imide groups is 1. The Balaban J connectivity index is 1.02. The van der Waals surface area contributed by atoms with Crippen LogP contribution in [0.2, 0.25) is 0 Å². The molecule has 7 aromatic carbocycles. The lowest BCUT2D eigenvalue weighted by Gasteiger charge is -2.35. The molecule has 10 rings (SSSR count). The standard InChI is InChI=1S/C45H39N4O5P/c1-24(2)49(25(3)4)55(5)54-21-20-53-19-18-47-43(50)33-15-11-30-28-10-14-32-40-35(17-13-29(38(28)40)31-12-16-34(44(47)51)41(33)39(30)31)45(52)48-37-23-27-9-7-6-8-26(27)22-36(37)46-42(32)48/h6-17,22-25H,18-21H2,1-5H3. The number of amides is 2. The van der Waals surface area contributed by atoms with E-state index in [2.05, 4.69) is 63.3 Å². The highest BCUT2D eigenvalue weighted by Gasteiger charge is 2.34. The van der Waals surface area contributed by atoms with Gasteiger partial charge in [-0.1, -0.05) is 48.5 Å². The lowest BCUT2D eigenvalue weighted by molar-refractivity contribution is 0.0491. The first-order valence-electron chi connectivity index (χ1n) is 18.9. The molecule has 1 unspecified atom stereocenters. The van der Waals surface area contributed by atoms with Crippen molar-refractivity contribution < 1.29 is 18.8 Å². The molecule has 9 nitrogen and oxygen atoms in total. The summed E-state index contributed by atoms with van der Waals surface area (Å²) in [5.41, 5.74) is 3.10. The van der Waals surface area contributed by atoms with E-state index in [0.29, 0.717) is 52.8 Å². The van der Waals surface area contributed by atoms with Crippen LogP contribution in [0, 0.1) is 0 Å². The average Bonchev–Trinajstić information content (AvgIpc) is 3.55. The maximum atomic E-state index is 14.4. The third kappa shape index (κ3) is 4.93. The van der Waals surface area contributed by atoms with E-state index in [-0.39, 0.29) is 30.5 Å². The highest BCUT2D eigenvalue weighted by Crippen LogP contribution is 2.46. The summed E-state index contributed by atoms with van der Waals surface area (Å²) in [6, 6.07) is 28.7. The van der Waals surface area contributed by atoms with E-state index >= 15 is 0 Å². The summed E-state index contributed by atoms with van der Waals surface area (Å²) in [6.45, 7) is 12.0. The van der Waals surface area contributed by atoms with Crippen molar-refractivity contribution in [1.29, 1.82) is 0 Å². The van der Waals surface area contributed by atoms with Crippen molar-refractivity contribution in [2.45, 2.75) is 39.8 Å². The van der Waals surface area contributed by atoms with Gasteiger partial charge in [-0.15, -0.1) is 0 Å². The second-order valence-electron chi connectivity index (χ2n) is 15.1. The van der Waals surface area contributed by atoms with E-state index < -0.39 is 8.30 Å². The number of benzene rings is 7. The lowest BCUT2D eigenvalue weighted by Crippen LogP contribution is -2.42. The van der Waals surface area contributed by atoms with Crippen LogP contribution in [0.3, 0.4) is 0 Å². The summed E-state index contributed by atoms with van der Waals surface area (Å²) in [4.78, 5) is 48.7. The fraction of sp³-hybridized carbons (Fsp3) is 0.244. The minimum Gasteiger partial charge on any atom is -0.377 e. The van der Waals surface area contributed by atoms with Gasteiger partial charge >= 0.3 is 0 Å². The van der Waals surface area contributed by atoms with Crippen molar-refractivity contribution in [2.75, 3.05) is 33.0 Å². The number of hydrogen-bond donors (Lipinski definition) is 0. The van der Waals surface area contributed by atoms with Crippen LogP contribution in [-0.2, 0) is 9.26 Å². The van der Waals surface area contributed by atoms with Crippen LogP contribution < -0.4 is 5.56 Å². The second kappa shape index (κ2) is 12.6. The Labute approximate surface area is 317 Å². The van der Waals surface area contributed by atoms with Gasteiger partial charge in [0.05, 0.1) is 37.4 Å². The minimum absolute atomic E-state index is 0.105. The molecular formula is C45H39N4O5P. The Kier molecular flexibility index (Phi) is 7.84. The number of imidazole rings is 1. The van der Waals surface area contributed by atoms with Crippen molar-refractivity contribution in [3.63, 3.8) is 0 Å². The molecule has 0 N–H and O–H groups in total. The molecule has 0 spiro atoms. The number of fused-ring (bicyclic) bond motifs is 7. The van der Waals surface area contributed by atoms with Crippen LogP contribution in [0.25, 0.3) is 81.3 Å². The summed E-state index contributed by atoms with van der Waals surface area (Å²) >= 11 is 0. The second-order valence-corrected chi connectivity index (χ2v) is 16.8. The Hall–Kier alpha value is -5.31. The van der Waals surface area contributed by atoms with Crippen LogP contribution in [0.5, 0.6) is 0 Å². The topological polar surface area (TPSA) is 93.5 Å². The first-order chi connectivity index (χ1) is 26.6. The van der Waals surface area contributed by atoms with Gasteiger partial charge in [-0.05, 0) is 114 Å². The monoisotopic (exact) mass is 746 g/mol. The van der Waals surface area contributed by atoms with Gasteiger partial charge in [0, 0.05) is 44.8 Å². The molecule has 1 aliphatic rings. The van der Waals surface area contributed by atoms with Gasteiger partial charge < -0.3 is 9.26 Å². The van der Waals surface area contributed by atoms with Crippen LogP contribution in [0.1, 0.15) is 48.4 Å². The lowest BCUT2D eigenvalue weighted by atomic mass is 9.84. The van der Waals surface area contributed by atoms with Gasteiger partial charge in [0.15, 0.2) is 0 Å². The highest BCUT2D eigenvalue weighted by molar-refractivity contribution is 7.49. The largest absolute Gasteiger partial charge is 0.377 e. The van der Waals surface area contributed by atoms with Crippen LogP contribution in [0.15, 0.2) is 89.7 Å².